The van der Waals surface area contributed by atoms with Gasteiger partial charge in [0.05, 0.1) is 19.6 Å². The van der Waals surface area contributed by atoms with Gasteiger partial charge >= 0.3 is 0 Å². The van der Waals surface area contributed by atoms with E-state index in [0.717, 1.165) is 12.3 Å². The molecule has 0 heterocycles. The fraction of sp³-hybridized carbons (Fsp3) is 0.500. The lowest BCUT2D eigenvalue weighted by molar-refractivity contribution is 0.248. The minimum atomic E-state index is 0.255. The van der Waals surface area contributed by atoms with Gasteiger partial charge in [0.15, 0.2) is 0 Å². The molecule has 92 valence electrons. The Bertz CT molecular complexity index is 409. The Morgan fingerprint density at radius 2 is 2.18 bits per heavy atom. The highest BCUT2D eigenvalue weighted by Crippen LogP contribution is 2.21. The van der Waals surface area contributed by atoms with E-state index in [9.17, 15) is 0 Å². The smallest absolute Gasteiger partial charge is 0.123 e. The fourth-order valence-corrected chi connectivity index (χ4v) is 1.74. The SMILES string of the molecule is COc1ccc(C)cc1CN(C)C(C)CC#N. The molecule has 0 spiro atoms. The van der Waals surface area contributed by atoms with E-state index >= 15 is 0 Å². The standard InChI is InChI=1S/C14H20N2O/c1-11-5-6-14(17-4)13(9-11)10-16(3)12(2)7-8-15/h5-6,9,12H,7,10H2,1-4H3. The van der Waals surface area contributed by atoms with Crippen LogP contribution in [0.3, 0.4) is 0 Å². The van der Waals surface area contributed by atoms with E-state index in [1.54, 1.807) is 7.11 Å². The number of ether oxygens (including phenoxy) is 1. The number of nitriles is 1. The van der Waals surface area contributed by atoms with Crippen LogP contribution >= 0.6 is 0 Å². The molecule has 17 heavy (non-hydrogen) atoms. The van der Waals surface area contributed by atoms with Gasteiger partial charge in [-0.05, 0) is 27.0 Å². The second-order valence-corrected chi connectivity index (χ2v) is 4.44. The first-order valence-corrected chi connectivity index (χ1v) is 5.79. The third-order valence-corrected chi connectivity index (χ3v) is 2.99. The van der Waals surface area contributed by atoms with Crippen LogP contribution < -0.4 is 4.74 Å². The van der Waals surface area contributed by atoms with Gasteiger partial charge in [0.2, 0.25) is 0 Å². The van der Waals surface area contributed by atoms with Crippen molar-refractivity contribution in [1.82, 2.24) is 4.90 Å². The largest absolute Gasteiger partial charge is 0.496 e. The van der Waals surface area contributed by atoms with Gasteiger partial charge in [-0.15, -0.1) is 0 Å². The Hall–Kier alpha value is -1.53. The van der Waals surface area contributed by atoms with Crippen molar-refractivity contribution in [3.8, 4) is 11.8 Å². The Labute approximate surface area is 104 Å². The van der Waals surface area contributed by atoms with E-state index < -0.39 is 0 Å². The molecule has 0 aliphatic carbocycles. The molecule has 1 aromatic carbocycles. The number of hydrogen-bond acceptors (Lipinski definition) is 3. The maximum absolute atomic E-state index is 8.70. The van der Waals surface area contributed by atoms with Crippen molar-refractivity contribution in [3.63, 3.8) is 0 Å². The van der Waals surface area contributed by atoms with E-state index in [-0.39, 0.29) is 6.04 Å². The summed E-state index contributed by atoms with van der Waals surface area (Å²) in [5.41, 5.74) is 2.39. The minimum Gasteiger partial charge on any atom is -0.496 e. The molecule has 0 bridgehead atoms. The molecule has 1 aromatic rings. The van der Waals surface area contributed by atoms with Crippen molar-refractivity contribution < 1.29 is 4.74 Å². The molecule has 1 atom stereocenters. The second-order valence-electron chi connectivity index (χ2n) is 4.44. The highest BCUT2D eigenvalue weighted by Gasteiger charge is 2.12. The van der Waals surface area contributed by atoms with Crippen LogP contribution in [0.2, 0.25) is 0 Å². The molecule has 1 unspecified atom stereocenters. The second kappa shape index (κ2) is 6.27. The van der Waals surface area contributed by atoms with Gasteiger partial charge in [-0.2, -0.15) is 5.26 Å². The number of aryl methyl sites for hydroxylation is 1. The van der Waals surface area contributed by atoms with Crippen LogP contribution in [0.25, 0.3) is 0 Å². The van der Waals surface area contributed by atoms with Gasteiger partial charge in [-0.25, -0.2) is 0 Å². The molecule has 3 heteroatoms. The van der Waals surface area contributed by atoms with Crippen LogP contribution in [0.4, 0.5) is 0 Å². The summed E-state index contributed by atoms with van der Waals surface area (Å²) in [6, 6.07) is 8.63. The summed E-state index contributed by atoms with van der Waals surface area (Å²) in [5, 5.41) is 8.70. The molecule has 0 saturated heterocycles. The molecule has 3 nitrogen and oxygen atoms in total. The number of nitrogens with zero attached hydrogens (tertiary/aromatic N) is 2. The molecule has 0 amide bonds. The maximum atomic E-state index is 8.70. The van der Waals surface area contributed by atoms with Crippen molar-refractivity contribution in [2.24, 2.45) is 0 Å². The Kier molecular flexibility index (Phi) is 4.99. The first-order valence-electron chi connectivity index (χ1n) is 5.79. The summed E-state index contributed by atoms with van der Waals surface area (Å²) in [5.74, 6) is 0.909. The first kappa shape index (κ1) is 13.5. The van der Waals surface area contributed by atoms with Crippen molar-refractivity contribution in [3.05, 3.63) is 29.3 Å². The maximum Gasteiger partial charge on any atom is 0.123 e. The van der Waals surface area contributed by atoms with E-state index in [2.05, 4.69) is 30.9 Å². The van der Waals surface area contributed by atoms with Gasteiger partial charge in [-0.3, -0.25) is 4.90 Å². The summed E-state index contributed by atoms with van der Waals surface area (Å²) >= 11 is 0. The molecule has 0 aliphatic rings. The summed E-state index contributed by atoms with van der Waals surface area (Å²) in [6.07, 6.45) is 0.546. The fourth-order valence-electron chi connectivity index (χ4n) is 1.74. The van der Waals surface area contributed by atoms with Gasteiger partial charge in [-0.1, -0.05) is 17.7 Å². The monoisotopic (exact) mass is 232 g/mol. The van der Waals surface area contributed by atoms with Crippen LogP contribution in [0, 0.1) is 18.3 Å². The third-order valence-electron chi connectivity index (χ3n) is 2.99. The lowest BCUT2D eigenvalue weighted by Crippen LogP contribution is -2.28. The quantitative estimate of drug-likeness (QED) is 0.783. The van der Waals surface area contributed by atoms with Crippen molar-refractivity contribution in [2.45, 2.75) is 32.9 Å². The lowest BCUT2D eigenvalue weighted by atomic mass is 10.1. The normalized spacial score (nSPS) is 12.2. The zero-order valence-electron chi connectivity index (χ0n) is 11.0. The average Bonchev–Trinajstić information content (AvgIpc) is 2.29. The first-order chi connectivity index (χ1) is 8.08. The van der Waals surface area contributed by atoms with Crippen LogP contribution in [-0.2, 0) is 6.54 Å². The predicted molar refractivity (Wildman–Crippen MR) is 68.9 cm³/mol. The van der Waals surface area contributed by atoms with E-state index in [4.69, 9.17) is 10.00 Å². The molecule has 0 N–H and O–H groups in total. The van der Waals surface area contributed by atoms with Gasteiger partial charge in [0, 0.05) is 18.2 Å². The van der Waals surface area contributed by atoms with Crippen LogP contribution in [0.15, 0.2) is 18.2 Å². The van der Waals surface area contributed by atoms with Gasteiger partial charge in [0.1, 0.15) is 5.75 Å². The zero-order valence-corrected chi connectivity index (χ0v) is 11.0. The molecule has 0 saturated carbocycles. The number of benzene rings is 1. The Balaban J connectivity index is 2.80. The molecule has 0 radical (unpaired) electrons. The van der Waals surface area contributed by atoms with Crippen molar-refractivity contribution in [1.29, 1.82) is 5.26 Å². The lowest BCUT2D eigenvalue weighted by Gasteiger charge is -2.23. The third kappa shape index (κ3) is 3.76. The van der Waals surface area contributed by atoms with Crippen molar-refractivity contribution in [2.75, 3.05) is 14.2 Å². The number of rotatable bonds is 5. The summed E-state index contributed by atoms with van der Waals surface area (Å²) in [4.78, 5) is 2.17. The summed E-state index contributed by atoms with van der Waals surface area (Å²) < 4.78 is 5.35. The Morgan fingerprint density at radius 1 is 1.47 bits per heavy atom. The zero-order chi connectivity index (χ0) is 12.8. The van der Waals surface area contributed by atoms with Gasteiger partial charge in [0.25, 0.3) is 0 Å². The number of methoxy groups -OCH3 is 1. The molecule has 0 fully saturated rings. The van der Waals surface area contributed by atoms with Crippen LogP contribution in [0.5, 0.6) is 5.75 Å². The van der Waals surface area contributed by atoms with E-state index in [0.29, 0.717) is 6.42 Å². The van der Waals surface area contributed by atoms with Crippen molar-refractivity contribution >= 4 is 0 Å². The molecule has 1 rings (SSSR count). The molecular weight excluding hydrogens is 212 g/mol. The van der Waals surface area contributed by atoms with Crippen LogP contribution in [0.1, 0.15) is 24.5 Å². The summed E-state index contributed by atoms with van der Waals surface area (Å²) in [7, 11) is 3.72. The molecule has 0 aromatic heterocycles. The summed E-state index contributed by atoms with van der Waals surface area (Å²) in [6.45, 7) is 4.93. The van der Waals surface area contributed by atoms with Gasteiger partial charge < -0.3 is 4.74 Å². The minimum absolute atomic E-state index is 0.255. The van der Waals surface area contributed by atoms with E-state index in [1.807, 2.05) is 19.2 Å². The topological polar surface area (TPSA) is 36.3 Å². The van der Waals surface area contributed by atoms with E-state index in [1.165, 1.54) is 11.1 Å². The highest BCUT2D eigenvalue weighted by molar-refractivity contribution is 5.36. The highest BCUT2D eigenvalue weighted by atomic mass is 16.5. The number of hydrogen-bond donors (Lipinski definition) is 0. The predicted octanol–water partition coefficient (Wildman–Crippen LogP) is 2.74. The molecule has 0 aliphatic heterocycles. The Morgan fingerprint density at radius 3 is 2.76 bits per heavy atom. The molecular formula is C14H20N2O. The average molecular weight is 232 g/mol. The van der Waals surface area contributed by atoms with Crippen LogP contribution in [-0.4, -0.2) is 25.1 Å².